The smallest absolute Gasteiger partial charge is 0.264 e. The average Bonchev–Trinajstić information content (AvgIpc) is 2.82. The topological polar surface area (TPSA) is 92.7 Å². The lowest BCUT2D eigenvalue weighted by Gasteiger charge is -2.22. The second kappa shape index (κ2) is 8.14. The molecule has 0 aliphatic rings. The van der Waals surface area contributed by atoms with Crippen molar-refractivity contribution in [2.24, 2.45) is 0 Å². The zero-order valence-corrected chi connectivity index (χ0v) is 18.1. The molecule has 0 unspecified atom stereocenters. The number of aromatic amines is 1. The number of nitrogens with zero attached hydrogens (tertiary/aromatic N) is 3. The van der Waals surface area contributed by atoms with Crippen LogP contribution < -0.4 is 16.3 Å². The van der Waals surface area contributed by atoms with Crippen LogP contribution in [0.15, 0.2) is 76.7 Å². The van der Waals surface area contributed by atoms with E-state index in [-0.39, 0.29) is 22.4 Å². The fraction of sp³-hybridized carbons (Fsp3) is 0.0833. The van der Waals surface area contributed by atoms with Crippen LogP contribution in [-0.4, -0.2) is 19.5 Å². The van der Waals surface area contributed by atoms with Crippen LogP contribution in [0.25, 0.3) is 27.5 Å². The van der Waals surface area contributed by atoms with E-state index in [4.69, 9.17) is 11.6 Å². The molecule has 0 bridgehead atoms. The minimum Gasteiger partial charge on any atom is -0.361 e. The van der Waals surface area contributed by atoms with Crippen molar-refractivity contribution in [3.05, 3.63) is 104 Å². The SMILES string of the molecule is C[C@H](Nc1ncnc2[nH]cc(F)c(=O)c12)c1cc2cccc(Cl)c2c(=O)n1-c1ccccc1. The lowest BCUT2D eigenvalue weighted by atomic mass is 10.1. The summed E-state index contributed by atoms with van der Waals surface area (Å²) in [7, 11) is 0. The van der Waals surface area contributed by atoms with Crippen molar-refractivity contribution >= 4 is 39.2 Å². The molecule has 5 aromatic rings. The van der Waals surface area contributed by atoms with Crippen LogP contribution in [0.3, 0.4) is 0 Å². The molecule has 0 saturated carbocycles. The fourth-order valence-electron chi connectivity index (χ4n) is 3.92. The summed E-state index contributed by atoms with van der Waals surface area (Å²) in [5.41, 5.74) is 0.385. The Morgan fingerprint density at radius 3 is 2.64 bits per heavy atom. The summed E-state index contributed by atoms with van der Waals surface area (Å²) < 4.78 is 15.5. The van der Waals surface area contributed by atoms with E-state index in [0.29, 0.717) is 27.2 Å². The van der Waals surface area contributed by atoms with E-state index >= 15 is 0 Å². The Kier molecular flexibility index (Phi) is 5.14. The second-order valence-electron chi connectivity index (χ2n) is 7.53. The van der Waals surface area contributed by atoms with Crippen molar-refractivity contribution in [3.8, 4) is 5.69 Å². The number of hydrogen-bond donors (Lipinski definition) is 2. The van der Waals surface area contributed by atoms with Gasteiger partial charge in [-0.15, -0.1) is 0 Å². The van der Waals surface area contributed by atoms with Crippen LogP contribution in [0, 0.1) is 5.82 Å². The van der Waals surface area contributed by atoms with Crippen molar-refractivity contribution in [2.75, 3.05) is 5.32 Å². The highest BCUT2D eigenvalue weighted by atomic mass is 35.5. The Bertz CT molecular complexity index is 1630. The summed E-state index contributed by atoms with van der Waals surface area (Å²) in [4.78, 5) is 36.8. The number of para-hydroxylation sites is 1. The third-order valence-corrected chi connectivity index (χ3v) is 5.78. The molecule has 0 amide bonds. The number of rotatable bonds is 4. The molecular weight excluding hydrogens is 445 g/mol. The highest BCUT2D eigenvalue weighted by Gasteiger charge is 2.20. The van der Waals surface area contributed by atoms with E-state index < -0.39 is 17.3 Å². The van der Waals surface area contributed by atoms with Gasteiger partial charge in [0.05, 0.1) is 16.5 Å². The molecule has 0 radical (unpaired) electrons. The molecule has 2 N–H and O–H groups in total. The van der Waals surface area contributed by atoms with Crippen LogP contribution >= 0.6 is 11.6 Å². The van der Waals surface area contributed by atoms with Gasteiger partial charge in [-0.25, -0.2) is 14.4 Å². The van der Waals surface area contributed by atoms with Gasteiger partial charge in [0, 0.05) is 17.6 Å². The normalized spacial score (nSPS) is 12.2. The maximum absolute atomic E-state index is 14.0. The van der Waals surface area contributed by atoms with Gasteiger partial charge >= 0.3 is 0 Å². The van der Waals surface area contributed by atoms with Crippen LogP contribution in [0.5, 0.6) is 0 Å². The largest absolute Gasteiger partial charge is 0.361 e. The second-order valence-corrected chi connectivity index (χ2v) is 7.93. The van der Waals surface area contributed by atoms with Crippen LogP contribution in [0.4, 0.5) is 10.2 Å². The summed E-state index contributed by atoms with van der Waals surface area (Å²) in [5.74, 6) is -0.777. The van der Waals surface area contributed by atoms with E-state index in [1.807, 2.05) is 49.4 Å². The zero-order valence-electron chi connectivity index (χ0n) is 17.3. The molecule has 0 aliphatic heterocycles. The predicted octanol–water partition coefficient (Wildman–Crippen LogP) is 4.59. The van der Waals surface area contributed by atoms with Crippen molar-refractivity contribution in [1.82, 2.24) is 19.5 Å². The number of halogens is 2. The Morgan fingerprint density at radius 1 is 1.06 bits per heavy atom. The summed E-state index contributed by atoms with van der Waals surface area (Å²) in [5, 5.41) is 4.60. The van der Waals surface area contributed by atoms with Crippen LogP contribution in [0.2, 0.25) is 5.02 Å². The number of fused-ring (bicyclic) bond motifs is 2. The van der Waals surface area contributed by atoms with E-state index in [1.165, 1.54) is 6.33 Å². The number of aromatic nitrogens is 4. The molecule has 9 heteroatoms. The molecule has 33 heavy (non-hydrogen) atoms. The highest BCUT2D eigenvalue weighted by molar-refractivity contribution is 6.35. The van der Waals surface area contributed by atoms with E-state index in [2.05, 4.69) is 20.3 Å². The van der Waals surface area contributed by atoms with Crippen molar-refractivity contribution in [3.63, 3.8) is 0 Å². The molecule has 5 rings (SSSR count). The molecule has 2 aromatic carbocycles. The minimum atomic E-state index is -0.936. The number of nitrogens with one attached hydrogen (secondary N) is 2. The number of benzene rings is 2. The third kappa shape index (κ3) is 3.54. The molecule has 0 aliphatic carbocycles. The Morgan fingerprint density at radius 2 is 1.85 bits per heavy atom. The van der Waals surface area contributed by atoms with Crippen molar-refractivity contribution < 1.29 is 4.39 Å². The van der Waals surface area contributed by atoms with Crippen molar-refractivity contribution in [1.29, 1.82) is 0 Å². The van der Waals surface area contributed by atoms with Crippen molar-refractivity contribution in [2.45, 2.75) is 13.0 Å². The lowest BCUT2D eigenvalue weighted by Crippen LogP contribution is -2.26. The predicted molar refractivity (Wildman–Crippen MR) is 127 cm³/mol. The van der Waals surface area contributed by atoms with Gasteiger partial charge in [-0.05, 0) is 36.6 Å². The van der Waals surface area contributed by atoms with Gasteiger partial charge in [0.2, 0.25) is 5.43 Å². The molecule has 7 nitrogen and oxygen atoms in total. The Balaban J connectivity index is 1.72. The fourth-order valence-corrected chi connectivity index (χ4v) is 4.18. The first kappa shape index (κ1) is 20.8. The first-order chi connectivity index (χ1) is 16.0. The molecule has 0 fully saturated rings. The van der Waals surface area contributed by atoms with Gasteiger partial charge in [0.15, 0.2) is 5.82 Å². The quantitative estimate of drug-likeness (QED) is 0.408. The standard InChI is InChI=1S/C24H17ClFN5O2/c1-13(30-23-20-21(32)17(26)11-27-22(20)28-12-29-23)18-10-14-6-5-9-16(25)19(14)24(33)31(18)15-7-3-2-4-8-15/h2-13H,1H3,(H2,27,28,29,30,32)/t13-/m0/s1. The van der Waals surface area contributed by atoms with Crippen LogP contribution in [-0.2, 0) is 0 Å². The van der Waals surface area contributed by atoms with Gasteiger partial charge in [0.25, 0.3) is 5.56 Å². The number of H-pyrrole nitrogens is 1. The van der Waals surface area contributed by atoms with Gasteiger partial charge in [-0.1, -0.05) is 41.9 Å². The molecule has 0 spiro atoms. The summed E-state index contributed by atoms with van der Waals surface area (Å²) in [6.45, 7) is 1.83. The summed E-state index contributed by atoms with van der Waals surface area (Å²) in [6, 6.07) is 15.8. The molecule has 164 valence electrons. The molecule has 3 heterocycles. The van der Waals surface area contributed by atoms with E-state index in [1.54, 1.807) is 16.7 Å². The maximum atomic E-state index is 14.0. The van der Waals surface area contributed by atoms with Gasteiger partial charge in [-0.3, -0.25) is 14.2 Å². The van der Waals surface area contributed by atoms with E-state index in [9.17, 15) is 14.0 Å². The van der Waals surface area contributed by atoms with E-state index in [0.717, 1.165) is 6.20 Å². The first-order valence-electron chi connectivity index (χ1n) is 10.1. The Labute approximate surface area is 191 Å². The number of anilines is 1. The summed E-state index contributed by atoms with van der Waals surface area (Å²) >= 11 is 6.36. The van der Waals surface area contributed by atoms with Crippen LogP contribution in [0.1, 0.15) is 18.7 Å². The van der Waals surface area contributed by atoms with Gasteiger partial charge in [0.1, 0.15) is 23.2 Å². The Hall–Kier alpha value is -4.04. The lowest BCUT2D eigenvalue weighted by molar-refractivity contribution is 0.614. The first-order valence-corrected chi connectivity index (χ1v) is 10.5. The van der Waals surface area contributed by atoms with Gasteiger partial charge in [-0.2, -0.15) is 0 Å². The zero-order chi connectivity index (χ0) is 23.1. The molecule has 1 atom stereocenters. The molecular formula is C24H17ClFN5O2. The molecule has 0 saturated heterocycles. The third-order valence-electron chi connectivity index (χ3n) is 5.46. The minimum absolute atomic E-state index is 0.00166. The monoisotopic (exact) mass is 461 g/mol. The van der Waals surface area contributed by atoms with Gasteiger partial charge < -0.3 is 10.3 Å². The highest BCUT2D eigenvalue weighted by Crippen LogP contribution is 2.27. The average molecular weight is 462 g/mol. The number of hydrogen-bond acceptors (Lipinski definition) is 5. The molecule has 3 aromatic heterocycles. The maximum Gasteiger partial charge on any atom is 0.264 e. The summed E-state index contributed by atoms with van der Waals surface area (Å²) in [6.07, 6.45) is 2.24. The number of pyridine rings is 2.